The van der Waals surface area contributed by atoms with Crippen molar-refractivity contribution in [3.8, 4) is 33.4 Å². The highest BCUT2D eigenvalue weighted by atomic mass is 16.3. The number of rotatable bonds is 3. The Morgan fingerprint density at radius 1 is 0.326 bits per heavy atom. The fourth-order valence-electron chi connectivity index (χ4n) is 7.40. The van der Waals surface area contributed by atoms with Crippen molar-refractivity contribution in [3.05, 3.63) is 158 Å². The third-order valence-corrected chi connectivity index (χ3v) is 9.45. The fraction of sp³-hybridized carbons (Fsp3) is 0. The molecule has 0 aliphatic heterocycles. The standard InChI is InChI=1S/C44H26O2/c1-2-11-27(12-3-1)30-23-24-35-39(26-30)45-38-20-10-18-36(41(35)38)42-33-16-7-6-15-32(33)40(31-22-21-28-13-4-5-14-29(28)25-31)44-43(42)34-17-8-9-19-37(34)46-44/h1-26H. The quantitative estimate of drug-likeness (QED) is 0.206. The van der Waals surface area contributed by atoms with Crippen molar-refractivity contribution in [1.82, 2.24) is 0 Å². The SMILES string of the molecule is c1ccc(-c2ccc3c(c2)oc2cccc(-c4c5ccccc5c(-c5ccc6ccccc6c5)c5oc6ccccc6c45)c23)cc1. The minimum Gasteiger partial charge on any atom is -0.456 e. The highest BCUT2D eigenvalue weighted by Gasteiger charge is 2.24. The van der Waals surface area contributed by atoms with Crippen molar-refractivity contribution < 1.29 is 8.83 Å². The van der Waals surface area contributed by atoms with Gasteiger partial charge >= 0.3 is 0 Å². The predicted molar refractivity (Wildman–Crippen MR) is 192 cm³/mol. The summed E-state index contributed by atoms with van der Waals surface area (Å²) in [5, 5.41) is 9.24. The van der Waals surface area contributed by atoms with E-state index in [1.807, 2.05) is 6.07 Å². The molecule has 0 saturated heterocycles. The van der Waals surface area contributed by atoms with Gasteiger partial charge in [0.05, 0.1) is 0 Å². The van der Waals surface area contributed by atoms with Gasteiger partial charge in [0.2, 0.25) is 0 Å². The lowest BCUT2D eigenvalue weighted by Crippen LogP contribution is -1.90. The lowest BCUT2D eigenvalue weighted by atomic mass is 9.86. The van der Waals surface area contributed by atoms with E-state index in [0.29, 0.717) is 0 Å². The van der Waals surface area contributed by atoms with Crippen LogP contribution in [0, 0.1) is 0 Å². The molecule has 2 aromatic heterocycles. The molecule has 10 aromatic rings. The molecule has 0 atom stereocenters. The minimum atomic E-state index is 0.876. The molecule has 46 heavy (non-hydrogen) atoms. The number of furan rings is 2. The van der Waals surface area contributed by atoms with Crippen molar-refractivity contribution in [2.45, 2.75) is 0 Å². The van der Waals surface area contributed by atoms with Gasteiger partial charge in [0.1, 0.15) is 22.3 Å². The smallest absolute Gasteiger partial charge is 0.144 e. The highest BCUT2D eigenvalue weighted by molar-refractivity contribution is 6.29. The van der Waals surface area contributed by atoms with Gasteiger partial charge in [0.15, 0.2) is 0 Å². The third kappa shape index (κ3) is 3.65. The van der Waals surface area contributed by atoms with Crippen molar-refractivity contribution in [3.63, 3.8) is 0 Å². The molecule has 2 heteroatoms. The number of hydrogen-bond acceptors (Lipinski definition) is 2. The van der Waals surface area contributed by atoms with Gasteiger partial charge in [-0.2, -0.15) is 0 Å². The summed E-state index contributed by atoms with van der Waals surface area (Å²) in [6, 6.07) is 55.9. The Bertz CT molecular complexity index is 2800. The molecule has 0 fully saturated rings. The van der Waals surface area contributed by atoms with Crippen molar-refractivity contribution in [1.29, 1.82) is 0 Å². The third-order valence-electron chi connectivity index (χ3n) is 9.45. The summed E-state index contributed by atoms with van der Waals surface area (Å²) in [6.07, 6.45) is 0. The van der Waals surface area contributed by atoms with E-state index in [2.05, 4.69) is 152 Å². The van der Waals surface area contributed by atoms with Crippen molar-refractivity contribution in [2.24, 2.45) is 0 Å². The Hall–Kier alpha value is -6.12. The van der Waals surface area contributed by atoms with Crippen molar-refractivity contribution >= 4 is 65.4 Å². The molecular formula is C44H26O2. The van der Waals surface area contributed by atoms with Gasteiger partial charge < -0.3 is 8.83 Å². The maximum atomic E-state index is 6.84. The van der Waals surface area contributed by atoms with Crippen LogP contribution in [0.1, 0.15) is 0 Å². The normalized spacial score (nSPS) is 11.9. The molecule has 0 bridgehead atoms. The van der Waals surface area contributed by atoms with Gasteiger partial charge in [-0.25, -0.2) is 0 Å². The number of para-hydroxylation sites is 1. The van der Waals surface area contributed by atoms with E-state index >= 15 is 0 Å². The Balaban J connectivity index is 1.34. The second kappa shape index (κ2) is 9.69. The molecule has 0 spiro atoms. The largest absolute Gasteiger partial charge is 0.456 e. The van der Waals surface area contributed by atoms with Crippen LogP contribution in [0.15, 0.2) is 167 Å². The maximum Gasteiger partial charge on any atom is 0.144 e. The Labute approximate surface area is 264 Å². The molecular weight excluding hydrogens is 560 g/mol. The summed E-state index contributed by atoms with van der Waals surface area (Å²) in [7, 11) is 0. The lowest BCUT2D eigenvalue weighted by molar-refractivity contribution is 0.669. The summed E-state index contributed by atoms with van der Waals surface area (Å²) in [4.78, 5) is 0. The van der Waals surface area contributed by atoms with Crippen LogP contribution in [0.3, 0.4) is 0 Å². The van der Waals surface area contributed by atoms with Gasteiger partial charge in [0.25, 0.3) is 0 Å². The molecule has 10 rings (SSSR count). The molecule has 0 N–H and O–H groups in total. The molecule has 8 aromatic carbocycles. The van der Waals surface area contributed by atoms with Gasteiger partial charge in [-0.15, -0.1) is 0 Å². The van der Waals surface area contributed by atoms with Crippen LogP contribution in [0.25, 0.3) is 98.8 Å². The van der Waals surface area contributed by atoms with Crippen LogP contribution < -0.4 is 0 Å². The number of hydrogen-bond donors (Lipinski definition) is 0. The van der Waals surface area contributed by atoms with Crippen LogP contribution in [-0.2, 0) is 0 Å². The molecule has 0 radical (unpaired) electrons. The van der Waals surface area contributed by atoms with Crippen LogP contribution in [-0.4, -0.2) is 0 Å². The van der Waals surface area contributed by atoms with E-state index in [4.69, 9.17) is 8.83 Å². The first kappa shape index (κ1) is 25.2. The summed E-state index contributed by atoms with van der Waals surface area (Å²) in [6.45, 7) is 0. The van der Waals surface area contributed by atoms with E-state index in [1.165, 1.54) is 27.3 Å². The highest BCUT2D eigenvalue weighted by Crippen LogP contribution is 2.50. The number of fused-ring (bicyclic) bond motifs is 8. The van der Waals surface area contributed by atoms with Gasteiger partial charge in [0, 0.05) is 32.7 Å². The van der Waals surface area contributed by atoms with Gasteiger partial charge in [-0.3, -0.25) is 0 Å². The summed E-state index contributed by atoms with van der Waals surface area (Å²) in [5.74, 6) is 0. The number of benzene rings is 8. The molecule has 0 saturated carbocycles. The van der Waals surface area contributed by atoms with E-state index in [9.17, 15) is 0 Å². The molecule has 0 unspecified atom stereocenters. The van der Waals surface area contributed by atoms with E-state index < -0.39 is 0 Å². The monoisotopic (exact) mass is 586 g/mol. The molecule has 214 valence electrons. The summed E-state index contributed by atoms with van der Waals surface area (Å²) >= 11 is 0. The van der Waals surface area contributed by atoms with Gasteiger partial charge in [-0.05, 0) is 74.1 Å². The zero-order valence-corrected chi connectivity index (χ0v) is 24.8. The Morgan fingerprint density at radius 3 is 1.87 bits per heavy atom. The first-order chi connectivity index (χ1) is 22.8. The van der Waals surface area contributed by atoms with E-state index in [0.717, 1.165) is 71.5 Å². The second-order valence-corrected chi connectivity index (χ2v) is 12.0. The Morgan fingerprint density at radius 2 is 1.00 bits per heavy atom. The minimum absolute atomic E-state index is 0.876. The average Bonchev–Trinajstić information content (AvgIpc) is 3.69. The topological polar surface area (TPSA) is 26.3 Å². The molecule has 2 heterocycles. The van der Waals surface area contributed by atoms with Crippen LogP contribution in [0.4, 0.5) is 0 Å². The first-order valence-electron chi connectivity index (χ1n) is 15.7. The lowest BCUT2D eigenvalue weighted by Gasteiger charge is -2.16. The molecule has 0 aliphatic rings. The first-order valence-corrected chi connectivity index (χ1v) is 15.7. The zero-order valence-electron chi connectivity index (χ0n) is 24.8. The van der Waals surface area contributed by atoms with Crippen molar-refractivity contribution in [2.75, 3.05) is 0 Å². The van der Waals surface area contributed by atoms with Crippen LogP contribution in [0.2, 0.25) is 0 Å². The summed E-state index contributed by atoms with van der Waals surface area (Å²) in [5.41, 5.74) is 10.4. The Kier molecular flexibility index (Phi) is 5.31. The fourth-order valence-corrected chi connectivity index (χ4v) is 7.40. The molecule has 0 aliphatic carbocycles. The van der Waals surface area contributed by atoms with E-state index in [1.54, 1.807) is 0 Å². The second-order valence-electron chi connectivity index (χ2n) is 12.0. The predicted octanol–water partition coefficient (Wildman–Crippen LogP) is 12.8. The van der Waals surface area contributed by atoms with Crippen LogP contribution in [0.5, 0.6) is 0 Å². The zero-order chi connectivity index (χ0) is 30.2. The molecule has 0 amide bonds. The average molecular weight is 587 g/mol. The van der Waals surface area contributed by atoms with E-state index in [-0.39, 0.29) is 0 Å². The maximum absolute atomic E-state index is 6.84. The van der Waals surface area contributed by atoms with Crippen LogP contribution >= 0.6 is 0 Å². The van der Waals surface area contributed by atoms with Gasteiger partial charge in [-0.1, -0.05) is 127 Å². The summed E-state index contributed by atoms with van der Waals surface area (Å²) < 4.78 is 13.4. The molecule has 2 nitrogen and oxygen atoms in total.